The highest BCUT2D eigenvalue weighted by Gasteiger charge is 2.32. The van der Waals surface area contributed by atoms with E-state index in [1.807, 2.05) is 12.1 Å². The van der Waals surface area contributed by atoms with Crippen molar-refractivity contribution in [3.63, 3.8) is 0 Å². The number of anilines is 1. The number of fused-ring (bicyclic) bond motifs is 1. The molecule has 1 saturated heterocycles. The maximum Gasteiger partial charge on any atom is 0.223 e. The van der Waals surface area contributed by atoms with Crippen molar-refractivity contribution < 1.29 is 4.79 Å². The minimum Gasteiger partial charge on any atom is -0.354 e. The molecule has 2 aromatic heterocycles. The van der Waals surface area contributed by atoms with Gasteiger partial charge in [-0.05, 0) is 37.8 Å². The number of piperidine rings is 1. The minimum atomic E-state index is 0.212. The van der Waals surface area contributed by atoms with Crippen molar-refractivity contribution in [3.05, 3.63) is 24.7 Å². The van der Waals surface area contributed by atoms with Crippen LogP contribution in [-0.4, -0.2) is 40.0 Å². The maximum absolute atomic E-state index is 12.0. The van der Waals surface area contributed by atoms with E-state index in [1.165, 1.54) is 0 Å². The summed E-state index contributed by atoms with van der Waals surface area (Å²) in [4.78, 5) is 27.2. The molecule has 2 aliphatic rings. The summed E-state index contributed by atoms with van der Waals surface area (Å²) in [6, 6.07) is 4.12. The van der Waals surface area contributed by atoms with Gasteiger partial charge < -0.3 is 10.2 Å². The molecule has 2 fully saturated rings. The number of pyridine rings is 1. The van der Waals surface area contributed by atoms with E-state index in [0.29, 0.717) is 0 Å². The zero-order valence-electron chi connectivity index (χ0n) is 12.4. The Morgan fingerprint density at radius 2 is 2.14 bits per heavy atom. The first kappa shape index (κ1) is 13.4. The van der Waals surface area contributed by atoms with Gasteiger partial charge in [0.1, 0.15) is 12.1 Å². The summed E-state index contributed by atoms with van der Waals surface area (Å²) >= 11 is 0. The molecule has 1 N–H and O–H groups in total. The lowest BCUT2D eigenvalue weighted by atomic mass is 10.0. The molecule has 0 spiro atoms. The lowest BCUT2D eigenvalue weighted by Crippen LogP contribution is -2.48. The van der Waals surface area contributed by atoms with Gasteiger partial charge in [-0.3, -0.25) is 4.79 Å². The summed E-state index contributed by atoms with van der Waals surface area (Å²) in [5.41, 5.74) is 0.719. The number of nitrogens with zero attached hydrogens (tertiary/aromatic N) is 4. The van der Waals surface area contributed by atoms with E-state index >= 15 is 0 Å². The van der Waals surface area contributed by atoms with Crippen LogP contribution in [0, 0.1) is 5.92 Å². The Morgan fingerprint density at radius 3 is 3.00 bits per heavy atom. The molecular formula is C16H19N5O. The van der Waals surface area contributed by atoms with Gasteiger partial charge in [0, 0.05) is 31.2 Å². The van der Waals surface area contributed by atoms with Gasteiger partial charge in [-0.15, -0.1) is 0 Å². The van der Waals surface area contributed by atoms with Gasteiger partial charge in [0.05, 0.1) is 5.39 Å². The van der Waals surface area contributed by atoms with Crippen LogP contribution in [0.4, 0.5) is 5.82 Å². The highest BCUT2D eigenvalue weighted by Crippen LogP contribution is 2.30. The Labute approximate surface area is 129 Å². The number of carbonyl (C=O) groups is 1. The maximum atomic E-state index is 12.0. The number of rotatable bonds is 3. The van der Waals surface area contributed by atoms with Crippen LogP contribution < -0.4 is 10.2 Å². The fraction of sp³-hybridized carbons (Fsp3) is 0.500. The predicted octanol–water partition coefficient (Wildman–Crippen LogP) is 1.52. The van der Waals surface area contributed by atoms with Gasteiger partial charge in [-0.1, -0.05) is 0 Å². The zero-order valence-corrected chi connectivity index (χ0v) is 12.4. The summed E-state index contributed by atoms with van der Waals surface area (Å²) in [6.45, 7) is 1.76. The van der Waals surface area contributed by atoms with Crippen LogP contribution in [0.1, 0.15) is 25.7 Å². The van der Waals surface area contributed by atoms with Gasteiger partial charge >= 0.3 is 0 Å². The largest absolute Gasteiger partial charge is 0.354 e. The number of aromatic nitrogens is 3. The number of hydrogen-bond donors (Lipinski definition) is 1. The molecule has 1 atom stereocenters. The summed E-state index contributed by atoms with van der Waals surface area (Å²) < 4.78 is 0. The normalized spacial score (nSPS) is 21.8. The number of amides is 1. The molecule has 1 unspecified atom stereocenters. The standard InChI is InChI=1S/C16H19N5O/c22-16(11-5-6-11)20-12-3-2-8-21(9-12)15-13-4-1-7-17-14(13)18-10-19-15/h1,4,7,10-12H,2-3,5-6,8-9H2,(H,20,22). The van der Waals surface area contributed by atoms with Crippen LogP contribution >= 0.6 is 0 Å². The molecule has 1 aliphatic heterocycles. The molecule has 6 heteroatoms. The van der Waals surface area contributed by atoms with E-state index in [-0.39, 0.29) is 17.9 Å². The molecule has 1 amide bonds. The zero-order chi connectivity index (χ0) is 14.9. The molecule has 1 saturated carbocycles. The second kappa shape index (κ2) is 5.51. The van der Waals surface area contributed by atoms with E-state index in [0.717, 1.165) is 55.6 Å². The topological polar surface area (TPSA) is 71.0 Å². The molecule has 0 bridgehead atoms. The summed E-state index contributed by atoms with van der Waals surface area (Å²) in [5, 5.41) is 4.16. The van der Waals surface area contributed by atoms with Crippen LogP contribution in [0.5, 0.6) is 0 Å². The molecule has 4 rings (SSSR count). The van der Waals surface area contributed by atoms with Crippen molar-refractivity contribution in [2.75, 3.05) is 18.0 Å². The van der Waals surface area contributed by atoms with Gasteiger partial charge in [0.2, 0.25) is 5.91 Å². The van der Waals surface area contributed by atoms with E-state index in [2.05, 4.69) is 25.2 Å². The third kappa shape index (κ3) is 2.61. The van der Waals surface area contributed by atoms with Gasteiger partial charge in [-0.2, -0.15) is 0 Å². The van der Waals surface area contributed by atoms with E-state index in [4.69, 9.17) is 0 Å². The molecule has 2 aromatic rings. The first-order valence-corrected chi connectivity index (χ1v) is 7.92. The van der Waals surface area contributed by atoms with Crippen molar-refractivity contribution in [2.24, 2.45) is 5.92 Å². The third-order valence-electron chi connectivity index (χ3n) is 4.40. The summed E-state index contributed by atoms with van der Waals surface area (Å²) in [6.07, 6.45) is 7.50. The fourth-order valence-corrected chi connectivity index (χ4v) is 3.09. The highest BCUT2D eigenvalue weighted by atomic mass is 16.2. The Morgan fingerprint density at radius 1 is 1.23 bits per heavy atom. The van der Waals surface area contributed by atoms with Crippen LogP contribution in [0.2, 0.25) is 0 Å². The second-order valence-corrected chi connectivity index (χ2v) is 6.14. The summed E-state index contributed by atoms with van der Waals surface area (Å²) in [7, 11) is 0. The quantitative estimate of drug-likeness (QED) is 0.930. The smallest absolute Gasteiger partial charge is 0.223 e. The second-order valence-electron chi connectivity index (χ2n) is 6.14. The molecular weight excluding hydrogens is 278 g/mol. The molecule has 114 valence electrons. The third-order valence-corrected chi connectivity index (χ3v) is 4.40. The molecule has 6 nitrogen and oxygen atoms in total. The Kier molecular flexibility index (Phi) is 3.36. The lowest BCUT2D eigenvalue weighted by Gasteiger charge is -2.34. The number of nitrogens with one attached hydrogen (secondary N) is 1. The molecule has 22 heavy (non-hydrogen) atoms. The lowest BCUT2D eigenvalue weighted by molar-refractivity contribution is -0.123. The van der Waals surface area contributed by atoms with Crippen molar-refractivity contribution in [3.8, 4) is 0 Å². The van der Waals surface area contributed by atoms with Crippen molar-refractivity contribution in [1.82, 2.24) is 20.3 Å². The van der Waals surface area contributed by atoms with Crippen molar-refractivity contribution in [2.45, 2.75) is 31.7 Å². The van der Waals surface area contributed by atoms with Crippen LogP contribution in [0.3, 0.4) is 0 Å². The summed E-state index contributed by atoms with van der Waals surface area (Å²) in [5.74, 6) is 1.41. The van der Waals surface area contributed by atoms with Gasteiger partial charge in [-0.25, -0.2) is 15.0 Å². The molecule has 1 aliphatic carbocycles. The average Bonchev–Trinajstić information content (AvgIpc) is 3.39. The Hall–Kier alpha value is -2.24. The van der Waals surface area contributed by atoms with Crippen LogP contribution in [-0.2, 0) is 4.79 Å². The van der Waals surface area contributed by atoms with Gasteiger partial charge in [0.15, 0.2) is 5.65 Å². The van der Waals surface area contributed by atoms with E-state index < -0.39 is 0 Å². The highest BCUT2D eigenvalue weighted by molar-refractivity contribution is 5.86. The van der Waals surface area contributed by atoms with Gasteiger partial charge in [0.25, 0.3) is 0 Å². The van der Waals surface area contributed by atoms with Crippen molar-refractivity contribution in [1.29, 1.82) is 0 Å². The number of carbonyl (C=O) groups excluding carboxylic acids is 1. The predicted molar refractivity (Wildman–Crippen MR) is 83.4 cm³/mol. The SMILES string of the molecule is O=C(NC1CCCN(c2ncnc3ncccc23)C1)C1CC1. The van der Waals surface area contributed by atoms with E-state index in [9.17, 15) is 4.79 Å². The fourth-order valence-electron chi connectivity index (χ4n) is 3.09. The molecule has 0 aromatic carbocycles. The molecule has 0 radical (unpaired) electrons. The van der Waals surface area contributed by atoms with E-state index in [1.54, 1.807) is 12.5 Å². The average molecular weight is 297 g/mol. The molecule has 3 heterocycles. The monoisotopic (exact) mass is 297 g/mol. The Balaban J connectivity index is 1.54. The minimum absolute atomic E-state index is 0.212. The Bertz CT molecular complexity index is 695. The first-order chi connectivity index (χ1) is 10.8. The van der Waals surface area contributed by atoms with Crippen LogP contribution in [0.25, 0.3) is 11.0 Å². The number of hydrogen-bond acceptors (Lipinski definition) is 5. The van der Waals surface area contributed by atoms with Crippen molar-refractivity contribution >= 4 is 22.8 Å². The van der Waals surface area contributed by atoms with Crippen LogP contribution in [0.15, 0.2) is 24.7 Å². The first-order valence-electron chi connectivity index (χ1n) is 7.92.